The molecule has 1 N–H and O–H groups in total. The van der Waals surface area contributed by atoms with Gasteiger partial charge in [-0.2, -0.15) is 5.10 Å². The van der Waals surface area contributed by atoms with E-state index >= 15 is 0 Å². The number of benzene rings is 1. The van der Waals surface area contributed by atoms with E-state index in [0.717, 1.165) is 29.2 Å². The summed E-state index contributed by atoms with van der Waals surface area (Å²) in [5.74, 6) is 1.45. The lowest BCUT2D eigenvalue weighted by molar-refractivity contribution is -0.897. The van der Waals surface area contributed by atoms with Crippen LogP contribution in [0.2, 0.25) is 0 Å². The Morgan fingerprint density at radius 3 is 2.66 bits per heavy atom. The SMILES string of the molecule is COc1ccc([C@H]2CC(c3cccs3)=NN2C(=O)C[NH+]2CCCCC2)cc1OC. The van der Waals surface area contributed by atoms with E-state index in [1.54, 1.807) is 30.6 Å². The zero-order valence-electron chi connectivity index (χ0n) is 17.0. The van der Waals surface area contributed by atoms with Gasteiger partial charge in [0.15, 0.2) is 18.0 Å². The first-order valence-electron chi connectivity index (χ1n) is 10.2. The number of hydrazone groups is 1. The van der Waals surface area contributed by atoms with Crippen LogP contribution in [0.5, 0.6) is 11.5 Å². The van der Waals surface area contributed by atoms with Crippen molar-refractivity contribution >= 4 is 23.0 Å². The van der Waals surface area contributed by atoms with Crippen molar-refractivity contribution in [1.29, 1.82) is 0 Å². The number of nitrogens with zero attached hydrogens (tertiary/aromatic N) is 2. The molecule has 2 aliphatic rings. The molecule has 0 unspecified atom stereocenters. The molecule has 0 bridgehead atoms. The first-order valence-corrected chi connectivity index (χ1v) is 11.1. The molecule has 1 saturated heterocycles. The van der Waals surface area contributed by atoms with E-state index in [2.05, 4.69) is 6.07 Å². The predicted octanol–water partition coefficient (Wildman–Crippen LogP) is 2.51. The van der Waals surface area contributed by atoms with E-state index in [0.29, 0.717) is 24.5 Å². The first kappa shape index (κ1) is 19.9. The lowest BCUT2D eigenvalue weighted by Crippen LogP contribution is -3.13. The van der Waals surface area contributed by atoms with E-state index in [-0.39, 0.29) is 11.9 Å². The number of carbonyl (C=O) groups is 1. The fraction of sp³-hybridized carbons (Fsp3) is 0.455. The molecule has 3 heterocycles. The molecule has 0 aliphatic carbocycles. The Morgan fingerprint density at radius 2 is 1.97 bits per heavy atom. The van der Waals surface area contributed by atoms with Crippen LogP contribution < -0.4 is 14.4 Å². The predicted molar refractivity (Wildman–Crippen MR) is 114 cm³/mol. The molecule has 1 fully saturated rings. The Bertz CT molecular complexity index is 875. The number of piperidine rings is 1. The molecule has 1 aromatic carbocycles. The van der Waals surface area contributed by atoms with Crippen LogP contribution in [0.15, 0.2) is 40.8 Å². The minimum Gasteiger partial charge on any atom is -0.493 e. The number of hydrogen-bond donors (Lipinski definition) is 1. The van der Waals surface area contributed by atoms with Gasteiger partial charge in [0.25, 0.3) is 5.91 Å². The lowest BCUT2D eigenvalue weighted by Gasteiger charge is -2.27. The van der Waals surface area contributed by atoms with Gasteiger partial charge in [-0.3, -0.25) is 4.79 Å². The number of likely N-dealkylation sites (tertiary alicyclic amines) is 1. The molecular weight excluding hydrogens is 386 g/mol. The van der Waals surface area contributed by atoms with Crippen molar-refractivity contribution in [2.24, 2.45) is 5.10 Å². The number of amides is 1. The highest BCUT2D eigenvalue weighted by Crippen LogP contribution is 2.37. The Morgan fingerprint density at radius 1 is 1.17 bits per heavy atom. The molecule has 0 spiro atoms. The summed E-state index contributed by atoms with van der Waals surface area (Å²) in [7, 11) is 3.26. The van der Waals surface area contributed by atoms with Gasteiger partial charge in [0.05, 0.1) is 43.9 Å². The van der Waals surface area contributed by atoms with Gasteiger partial charge in [0.1, 0.15) is 0 Å². The van der Waals surface area contributed by atoms with Crippen molar-refractivity contribution in [3.05, 3.63) is 46.2 Å². The monoisotopic (exact) mass is 414 g/mol. The molecule has 1 amide bonds. The molecule has 29 heavy (non-hydrogen) atoms. The normalized spacial score (nSPS) is 19.9. The van der Waals surface area contributed by atoms with Crippen molar-refractivity contribution in [2.75, 3.05) is 33.9 Å². The second-order valence-corrected chi connectivity index (χ2v) is 8.53. The van der Waals surface area contributed by atoms with Gasteiger partial charge in [-0.15, -0.1) is 11.3 Å². The van der Waals surface area contributed by atoms with Crippen LogP contribution >= 0.6 is 11.3 Å². The number of nitrogens with one attached hydrogen (secondary N) is 1. The van der Waals surface area contributed by atoms with Gasteiger partial charge in [-0.25, -0.2) is 5.01 Å². The largest absolute Gasteiger partial charge is 0.493 e. The van der Waals surface area contributed by atoms with Crippen LogP contribution in [-0.2, 0) is 4.79 Å². The van der Waals surface area contributed by atoms with Crippen LogP contribution in [-0.4, -0.2) is 50.5 Å². The van der Waals surface area contributed by atoms with Crippen molar-refractivity contribution in [2.45, 2.75) is 31.7 Å². The van der Waals surface area contributed by atoms with Crippen molar-refractivity contribution < 1.29 is 19.2 Å². The summed E-state index contributed by atoms with van der Waals surface area (Å²) in [4.78, 5) is 15.7. The Balaban J connectivity index is 1.61. The third kappa shape index (κ3) is 4.31. The first-order chi connectivity index (χ1) is 14.2. The van der Waals surface area contributed by atoms with E-state index in [4.69, 9.17) is 14.6 Å². The van der Waals surface area contributed by atoms with Gasteiger partial charge < -0.3 is 14.4 Å². The van der Waals surface area contributed by atoms with E-state index < -0.39 is 0 Å². The third-order valence-corrected chi connectivity index (χ3v) is 6.64. The van der Waals surface area contributed by atoms with Gasteiger partial charge in [0, 0.05) is 6.42 Å². The molecule has 2 aliphatic heterocycles. The van der Waals surface area contributed by atoms with Gasteiger partial charge >= 0.3 is 0 Å². The van der Waals surface area contributed by atoms with Crippen LogP contribution in [0.1, 0.15) is 42.2 Å². The zero-order chi connectivity index (χ0) is 20.2. The van der Waals surface area contributed by atoms with E-state index in [1.807, 2.05) is 29.6 Å². The highest BCUT2D eigenvalue weighted by Gasteiger charge is 2.35. The molecule has 2 aromatic rings. The van der Waals surface area contributed by atoms with Crippen molar-refractivity contribution in [3.63, 3.8) is 0 Å². The molecule has 0 saturated carbocycles. The maximum absolute atomic E-state index is 13.2. The average molecular weight is 415 g/mol. The van der Waals surface area contributed by atoms with E-state index in [9.17, 15) is 4.79 Å². The number of thiophene rings is 1. The fourth-order valence-electron chi connectivity index (χ4n) is 4.17. The molecule has 154 valence electrons. The summed E-state index contributed by atoms with van der Waals surface area (Å²) in [6.07, 6.45) is 4.38. The van der Waals surface area contributed by atoms with Crippen LogP contribution in [0.4, 0.5) is 0 Å². The maximum atomic E-state index is 13.2. The van der Waals surface area contributed by atoms with Crippen LogP contribution in [0, 0.1) is 0 Å². The summed E-state index contributed by atoms with van der Waals surface area (Å²) in [5, 5.41) is 8.53. The average Bonchev–Trinajstić information content (AvgIpc) is 3.44. The standard InChI is InChI=1S/C22H27N3O3S/c1-27-19-9-8-16(13-20(19)28-2)18-14-17(21-7-6-12-29-21)23-25(18)22(26)15-24-10-4-3-5-11-24/h6-9,12-13,18H,3-5,10-11,14-15H2,1-2H3/p+1/t18-/m1/s1. The molecule has 6 nitrogen and oxygen atoms in total. The molecule has 1 atom stereocenters. The second-order valence-electron chi connectivity index (χ2n) is 7.58. The van der Waals surface area contributed by atoms with Gasteiger partial charge in [0.2, 0.25) is 0 Å². The summed E-state index contributed by atoms with van der Waals surface area (Å²) in [5.41, 5.74) is 1.99. The minimum atomic E-state index is -0.122. The molecular formula is C22H28N3O3S+. The van der Waals surface area contributed by atoms with Gasteiger partial charge in [-0.05, 0) is 48.4 Å². The number of quaternary nitrogens is 1. The fourth-order valence-corrected chi connectivity index (χ4v) is 4.90. The topological polar surface area (TPSA) is 55.6 Å². The molecule has 1 aromatic heterocycles. The number of ether oxygens (including phenoxy) is 2. The highest BCUT2D eigenvalue weighted by atomic mass is 32.1. The second kappa shape index (κ2) is 8.97. The van der Waals surface area contributed by atoms with E-state index in [1.165, 1.54) is 24.2 Å². The Kier molecular flexibility index (Phi) is 6.16. The molecule has 4 rings (SSSR count). The molecule has 7 heteroatoms. The maximum Gasteiger partial charge on any atom is 0.298 e. The summed E-state index contributed by atoms with van der Waals surface area (Å²) in [6.45, 7) is 2.65. The Labute approximate surface area is 175 Å². The quantitative estimate of drug-likeness (QED) is 0.790. The minimum absolute atomic E-state index is 0.0910. The summed E-state index contributed by atoms with van der Waals surface area (Å²) in [6, 6.07) is 9.84. The zero-order valence-corrected chi connectivity index (χ0v) is 17.8. The number of methoxy groups -OCH3 is 2. The van der Waals surface area contributed by atoms with Gasteiger partial charge in [-0.1, -0.05) is 12.1 Å². The highest BCUT2D eigenvalue weighted by molar-refractivity contribution is 7.12. The summed E-state index contributed by atoms with van der Waals surface area (Å²) >= 11 is 1.66. The van der Waals surface area contributed by atoms with Crippen molar-refractivity contribution in [3.8, 4) is 11.5 Å². The number of hydrogen-bond acceptors (Lipinski definition) is 5. The van der Waals surface area contributed by atoms with Crippen molar-refractivity contribution in [1.82, 2.24) is 5.01 Å². The van der Waals surface area contributed by atoms with Crippen LogP contribution in [0.3, 0.4) is 0 Å². The number of rotatable bonds is 6. The summed E-state index contributed by atoms with van der Waals surface area (Å²) < 4.78 is 10.9. The molecule has 0 radical (unpaired) electrons. The lowest BCUT2D eigenvalue weighted by atomic mass is 10.0. The smallest absolute Gasteiger partial charge is 0.298 e. The number of carbonyl (C=O) groups excluding carboxylic acids is 1. The van der Waals surface area contributed by atoms with Crippen LogP contribution in [0.25, 0.3) is 0 Å². The third-order valence-electron chi connectivity index (χ3n) is 5.73. The Hall–Kier alpha value is -2.38.